The van der Waals surface area contributed by atoms with Crippen molar-refractivity contribution in [1.82, 2.24) is 0 Å². The maximum Gasteiger partial charge on any atom is 0.143 e. The summed E-state index contributed by atoms with van der Waals surface area (Å²) in [4.78, 5) is 2.37. The molecule has 0 amide bonds. The topological polar surface area (TPSA) is 25.6 Å². The molecule has 0 radical (unpaired) electrons. The number of rotatable bonds is 4. The van der Waals surface area contributed by atoms with Crippen LogP contribution in [-0.4, -0.2) is 0 Å². The number of hydrogen-bond acceptors (Lipinski definition) is 3. The highest BCUT2D eigenvalue weighted by Crippen LogP contribution is 2.63. The number of ether oxygens (including phenoxy) is 1. The number of nitrogens with zero attached hydrogens (tertiary/aromatic N) is 1. The summed E-state index contributed by atoms with van der Waals surface area (Å²) in [6.45, 7) is 0. The molecule has 262 valence electrons. The summed E-state index contributed by atoms with van der Waals surface area (Å²) in [5, 5.41) is 4.62. The van der Waals surface area contributed by atoms with Gasteiger partial charge in [0.2, 0.25) is 0 Å². The van der Waals surface area contributed by atoms with Gasteiger partial charge in [0.05, 0.1) is 5.41 Å². The van der Waals surface area contributed by atoms with Crippen LogP contribution in [0.15, 0.2) is 205 Å². The Hall–Kier alpha value is -7.36. The second kappa shape index (κ2) is 11.8. The zero-order valence-electron chi connectivity index (χ0n) is 30.3. The second-order valence-corrected chi connectivity index (χ2v) is 14.8. The molecular weight excluding hydrogens is 683 g/mol. The van der Waals surface area contributed by atoms with Crippen LogP contribution < -0.4 is 9.64 Å². The van der Waals surface area contributed by atoms with Gasteiger partial charge in [0.1, 0.15) is 22.7 Å². The van der Waals surface area contributed by atoms with Crippen molar-refractivity contribution in [1.29, 1.82) is 0 Å². The Bertz CT molecular complexity index is 3180. The van der Waals surface area contributed by atoms with Crippen LogP contribution in [0.5, 0.6) is 11.5 Å². The summed E-state index contributed by atoms with van der Waals surface area (Å²) < 4.78 is 13.2. The highest BCUT2D eigenvalue weighted by atomic mass is 16.5. The van der Waals surface area contributed by atoms with E-state index in [2.05, 4.69) is 193 Å². The van der Waals surface area contributed by atoms with Gasteiger partial charge in [-0.2, -0.15) is 0 Å². The van der Waals surface area contributed by atoms with E-state index in [1.165, 1.54) is 27.6 Å². The number of para-hydroxylation sites is 4. The first-order chi connectivity index (χ1) is 27.8. The Labute approximate surface area is 324 Å². The van der Waals surface area contributed by atoms with Crippen molar-refractivity contribution in [2.75, 3.05) is 4.90 Å². The Morgan fingerprint density at radius 3 is 1.89 bits per heavy atom. The molecule has 2 heterocycles. The zero-order valence-corrected chi connectivity index (χ0v) is 30.3. The Morgan fingerprint density at radius 1 is 0.375 bits per heavy atom. The largest absolute Gasteiger partial charge is 0.457 e. The number of hydrogen-bond donors (Lipinski definition) is 0. The molecule has 1 atom stereocenters. The van der Waals surface area contributed by atoms with E-state index in [0.29, 0.717) is 0 Å². The number of anilines is 3. The summed E-state index contributed by atoms with van der Waals surface area (Å²) in [5.74, 6) is 1.78. The average Bonchev–Trinajstić information content (AvgIpc) is 3.78. The molecule has 9 aromatic carbocycles. The SMILES string of the molecule is c1ccc(N(c2ccc(-c3cccc4c3oc3ccccc34)cc2)c2ccc3c(c2)C2(c4ccccc4Oc4cc5ccccc5cc42)c2ccccc2-3)cc1. The van der Waals surface area contributed by atoms with Crippen LogP contribution in [0.1, 0.15) is 22.3 Å². The summed E-state index contributed by atoms with van der Waals surface area (Å²) >= 11 is 0. The van der Waals surface area contributed by atoms with Crippen molar-refractivity contribution in [2.45, 2.75) is 5.41 Å². The minimum absolute atomic E-state index is 0.590. The molecule has 2 aliphatic rings. The van der Waals surface area contributed by atoms with Crippen LogP contribution in [0, 0.1) is 0 Å². The van der Waals surface area contributed by atoms with Gasteiger partial charge in [-0.05, 0) is 99.3 Å². The lowest BCUT2D eigenvalue weighted by molar-refractivity contribution is 0.437. The first-order valence-electron chi connectivity index (χ1n) is 19.2. The monoisotopic (exact) mass is 715 g/mol. The molecule has 1 aliphatic carbocycles. The van der Waals surface area contributed by atoms with Gasteiger partial charge in [-0.15, -0.1) is 0 Å². The third-order valence-electron chi connectivity index (χ3n) is 11.9. The number of furan rings is 1. The van der Waals surface area contributed by atoms with Crippen molar-refractivity contribution in [2.24, 2.45) is 0 Å². The molecule has 1 unspecified atom stereocenters. The Morgan fingerprint density at radius 2 is 1.02 bits per heavy atom. The van der Waals surface area contributed by atoms with Crippen molar-refractivity contribution in [3.8, 4) is 33.8 Å². The quantitative estimate of drug-likeness (QED) is 0.181. The number of fused-ring (bicyclic) bond motifs is 13. The summed E-state index contributed by atoms with van der Waals surface area (Å²) in [7, 11) is 0. The lowest BCUT2D eigenvalue weighted by atomic mass is 9.65. The van der Waals surface area contributed by atoms with Gasteiger partial charge in [-0.1, -0.05) is 140 Å². The first kappa shape index (κ1) is 31.0. The maximum absolute atomic E-state index is 6.79. The zero-order chi connectivity index (χ0) is 36.8. The van der Waals surface area contributed by atoms with Gasteiger partial charge >= 0.3 is 0 Å². The summed E-state index contributed by atoms with van der Waals surface area (Å²) in [6, 6.07) is 71.9. The molecule has 3 nitrogen and oxygen atoms in total. The third kappa shape index (κ3) is 4.34. The van der Waals surface area contributed by atoms with Gasteiger partial charge in [0, 0.05) is 44.5 Å². The van der Waals surface area contributed by atoms with Gasteiger partial charge in [0.25, 0.3) is 0 Å². The Balaban J connectivity index is 1.07. The van der Waals surface area contributed by atoms with Crippen LogP contribution in [0.2, 0.25) is 0 Å². The fourth-order valence-electron chi connectivity index (χ4n) is 9.50. The molecule has 1 spiro atoms. The number of benzene rings is 9. The fraction of sp³-hybridized carbons (Fsp3) is 0.0189. The van der Waals surface area contributed by atoms with Gasteiger partial charge in [-0.3, -0.25) is 0 Å². The fourth-order valence-corrected chi connectivity index (χ4v) is 9.50. The standard InChI is InChI=1S/C53H33NO2/c1-2-15-37(16-3-1)54(38-27-25-34(26-28-38)40-19-12-20-44-43-18-7-10-23-49(43)56-52(40)44)39-29-30-42-41-17-6-8-21-45(41)53(47(42)33-39)46-22-9-11-24-50(46)55-51-32-36-14-5-4-13-35(36)31-48(51)53/h1-33H. The van der Waals surface area contributed by atoms with E-state index < -0.39 is 5.41 Å². The van der Waals surface area contributed by atoms with E-state index in [9.17, 15) is 0 Å². The van der Waals surface area contributed by atoms with Crippen LogP contribution in [0.3, 0.4) is 0 Å². The maximum atomic E-state index is 6.79. The molecule has 0 saturated heterocycles. The van der Waals surface area contributed by atoms with Crippen molar-refractivity contribution in [3.63, 3.8) is 0 Å². The van der Waals surface area contributed by atoms with Gasteiger partial charge < -0.3 is 14.1 Å². The molecule has 1 aliphatic heterocycles. The molecule has 1 aromatic heterocycles. The van der Waals surface area contributed by atoms with Crippen LogP contribution in [0.4, 0.5) is 17.1 Å². The minimum atomic E-state index is -0.590. The van der Waals surface area contributed by atoms with E-state index in [0.717, 1.165) is 78.1 Å². The lowest BCUT2D eigenvalue weighted by Gasteiger charge is -2.40. The molecule has 0 bridgehead atoms. The van der Waals surface area contributed by atoms with Crippen LogP contribution in [-0.2, 0) is 5.41 Å². The van der Waals surface area contributed by atoms with Gasteiger partial charge in [0.15, 0.2) is 0 Å². The van der Waals surface area contributed by atoms with E-state index in [1.807, 2.05) is 12.1 Å². The van der Waals surface area contributed by atoms with E-state index in [1.54, 1.807) is 0 Å². The smallest absolute Gasteiger partial charge is 0.143 e. The second-order valence-electron chi connectivity index (χ2n) is 14.8. The van der Waals surface area contributed by atoms with E-state index in [-0.39, 0.29) is 0 Å². The van der Waals surface area contributed by atoms with E-state index >= 15 is 0 Å². The molecular formula is C53H33NO2. The average molecular weight is 716 g/mol. The third-order valence-corrected chi connectivity index (χ3v) is 11.9. The van der Waals surface area contributed by atoms with Crippen molar-refractivity contribution in [3.05, 3.63) is 222 Å². The van der Waals surface area contributed by atoms with Crippen molar-refractivity contribution < 1.29 is 9.15 Å². The highest BCUT2D eigenvalue weighted by molar-refractivity contribution is 6.09. The lowest BCUT2D eigenvalue weighted by Crippen LogP contribution is -2.32. The highest BCUT2D eigenvalue weighted by Gasteiger charge is 2.51. The molecule has 56 heavy (non-hydrogen) atoms. The minimum Gasteiger partial charge on any atom is -0.457 e. The normalized spacial score (nSPS) is 15.0. The van der Waals surface area contributed by atoms with Crippen molar-refractivity contribution >= 4 is 49.8 Å². The van der Waals surface area contributed by atoms with Gasteiger partial charge in [-0.25, -0.2) is 0 Å². The van der Waals surface area contributed by atoms with Crippen LogP contribution >= 0.6 is 0 Å². The first-order valence-corrected chi connectivity index (χ1v) is 19.2. The predicted octanol–water partition coefficient (Wildman–Crippen LogP) is 14.3. The predicted molar refractivity (Wildman–Crippen MR) is 229 cm³/mol. The molecule has 3 heteroatoms. The molecule has 0 fully saturated rings. The van der Waals surface area contributed by atoms with Crippen LogP contribution in [0.25, 0.3) is 55.0 Å². The molecule has 0 saturated carbocycles. The van der Waals surface area contributed by atoms with E-state index in [4.69, 9.17) is 9.15 Å². The molecule has 10 aromatic rings. The Kier molecular flexibility index (Phi) is 6.55. The summed E-state index contributed by atoms with van der Waals surface area (Å²) in [6.07, 6.45) is 0. The summed E-state index contributed by atoms with van der Waals surface area (Å²) in [5.41, 5.74) is 14.0. The molecule has 12 rings (SSSR count). The molecule has 0 N–H and O–H groups in total.